The van der Waals surface area contributed by atoms with Gasteiger partial charge >= 0.3 is 0 Å². The lowest BCUT2D eigenvalue weighted by molar-refractivity contribution is 0.0553. The number of aromatic nitrogens is 4. The van der Waals surface area contributed by atoms with E-state index in [4.69, 9.17) is 4.74 Å². The second-order valence-electron chi connectivity index (χ2n) is 7.48. The quantitative estimate of drug-likeness (QED) is 0.527. The van der Waals surface area contributed by atoms with Crippen LogP contribution >= 0.6 is 0 Å². The third-order valence-electron chi connectivity index (χ3n) is 4.68. The molecular weight excluding hydrogens is 368 g/mol. The third-order valence-corrected chi connectivity index (χ3v) is 4.68. The number of ether oxygens (including phenoxy) is 1. The molecule has 2 N–H and O–H groups in total. The lowest BCUT2D eigenvalue weighted by Gasteiger charge is -2.17. The molecule has 1 aromatic carbocycles. The molecule has 4 rings (SSSR count). The van der Waals surface area contributed by atoms with Crippen molar-refractivity contribution < 1.29 is 9.84 Å². The Morgan fingerprint density at radius 2 is 1.86 bits per heavy atom. The molecule has 0 saturated heterocycles. The van der Waals surface area contributed by atoms with Crippen molar-refractivity contribution in [3.05, 3.63) is 71.7 Å². The normalized spacial score (nSPS) is 11.7. The van der Waals surface area contributed by atoms with E-state index in [2.05, 4.69) is 15.0 Å². The predicted octanol–water partition coefficient (Wildman–Crippen LogP) is 3.32. The molecule has 0 saturated carbocycles. The van der Waals surface area contributed by atoms with Crippen LogP contribution in [0.1, 0.15) is 20.3 Å². The molecular formula is C22H22N4O3. The van der Waals surface area contributed by atoms with Crippen LogP contribution in [-0.4, -0.2) is 36.8 Å². The van der Waals surface area contributed by atoms with Gasteiger partial charge in [0.05, 0.1) is 29.6 Å². The topological polar surface area (TPSA) is 93.0 Å². The Bertz CT molecular complexity index is 1170. The van der Waals surface area contributed by atoms with Crippen LogP contribution < -0.4 is 10.3 Å². The zero-order valence-corrected chi connectivity index (χ0v) is 16.3. The van der Waals surface area contributed by atoms with Gasteiger partial charge in [0.2, 0.25) is 0 Å². The number of H-pyrrole nitrogens is 1. The first-order valence-corrected chi connectivity index (χ1v) is 9.37. The Morgan fingerprint density at radius 3 is 2.55 bits per heavy atom. The first kappa shape index (κ1) is 18.9. The lowest BCUT2D eigenvalue weighted by Crippen LogP contribution is -2.21. The van der Waals surface area contributed by atoms with Gasteiger partial charge in [0.15, 0.2) is 5.65 Å². The van der Waals surface area contributed by atoms with Crippen LogP contribution in [0.2, 0.25) is 0 Å². The van der Waals surface area contributed by atoms with Gasteiger partial charge in [-0.25, -0.2) is 4.98 Å². The zero-order chi connectivity index (χ0) is 20.4. The van der Waals surface area contributed by atoms with Crippen LogP contribution in [-0.2, 0) is 0 Å². The van der Waals surface area contributed by atoms with E-state index >= 15 is 0 Å². The standard InChI is InChI=1S/C22H22N4O3/c1-22(2,28)9-12-29-17-5-3-15(4-6-17)18-13-26(16-7-10-23-11-8-16)20-19(18)21(27)25-14-24-20/h3-8,10-11,13-14,28H,9,12H2,1-2H3,(H,24,25,27). The Hall–Kier alpha value is -3.45. The van der Waals surface area contributed by atoms with Crippen LogP contribution in [0.4, 0.5) is 0 Å². The van der Waals surface area contributed by atoms with Gasteiger partial charge in [-0.3, -0.25) is 9.78 Å². The van der Waals surface area contributed by atoms with Crippen molar-refractivity contribution in [2.75, 3.05) is 6.61 Å². The fourth-order valence-corrected chi connectivity index (χ4v) is 3.14. The van der Waals surface area contributed by atoms with Crippen molar-refractivity contribution in [2.24, 2.45) is 0 Å². The monoisotopic (exact) mass is 390 g/mol. The van der Waals surface area contributed by atoms with Gasteiger partial charge < -0.3 is 19.4 Å². The Kier molecular flexibility index (Phi) is 4.90. The summed E-state index contributed by atoms with van der Waals surface area (Å²) in [5.41, 5.74) is 2.18. The van der Waals surface area contributed by atoms with Gasteiger partial charge in [-0.1, -0.05) is 12.1 Å². The molecule has 0 radical (unpaired) electrons. The van der Waals surface area contributed by atoms with Crippen molar-refractivity contribution in [1.29, 1.82) is 0 Å². The highest BCUT2D eigenvalue weighted by Gasteiger charge is 2.16. The third kappa shape index (κ3) is 4.05. The van der Waals surface area contributed by atoms with Crippen molar-refractivity contribution in [2.45, 2.75) is 25.9 Å². The molecule has 0 atom stereocenters. The number of aromatic amines is 1. The summed E-state index contributed by atoms with van der Waals surface area (Å²) in [7, 11) is 0. The molecule has 7 nitrogen and oxygen atoms in total. The molecule has 0 unspecified atom stereocenters. The highest BCUT2D eigenvalue weighted by atomic mass is 16.5. The minimum absolute atomic E-state index is 0.191. The zero-order valence-electron chi connectivity index (χ0n) is 16.3. The van der Waals surface area contributed by atoms with Crippen molar-refractivity contribution in [1.82, 2.24) is 19.5 Å². The second kappa shape index (κ2) is 7.52. The molecule has 7 heteroatoms. The van der Waals surface area contributed by atoms with E-state index in [-0.39, 0.29) is 5.56 Å². The van der Waals surface area contributed by atoms with Crippen LogP contribution in [0, 0.1) is 0 Å². The van der Waals surface area contributed by atoms with Crippen LogP contribution in [0.3, 0.4) is 0 Å². The fourth-order valence-electron chi connectivity index (χ4n) is 3.14. The number of fused-ring (bicyclic) bond motifs is 1. The average molecular weight is 390 g/mol. The summed E-state index contributed by atoms with van der Waals surface area (Å²) in [6.45, 7) is 3.93. The number of nitrogens with zero attached hydrogens (tertiary/aromatic N) is 3. The largest absolute Gasteiger partial charge is 0.493 e. The smallest absolute Gasteiger partial charge is 0.260 e. The first-order chi connectivity index (χ1) is 13.9. The molecule has 29 heavy (non-hydrogen) atoms. The van der Waals surface area contributed by atoms with Crippen LogP contribution in [0.15, 0.2) is 66.1 Å². The van der Waals surface area contributed by atoms with Crippen LogP contribution in [0.25, 0.3) is 27.8 Å². The van der Waals surface area contributed by atoms with Gasteiger partial charge in [0, 0.05) is 30.6 Å². The van der Waals surface area contributed by atoms with Gasteiger partial charge in [0.1, 0.15) is 5.75 Å². The summed E-state index contributed by atoms with van der Waals surface area (Å²) in [6.07, 6.45) is 7.26. The van der Waals surface area contributed by atoms with E-state index < -0.39 is 5.60 Å². The number of benzene rings is 1. The van der Waals surface area contributed by atoms with E-state index in [0.717, 1.165) is 16.8 Å². The molecule has 3 aromatic heterocycles. The summed E-state index contributed by atoms with van der Waals surface area (Å²) in [6, 6.07) is 11.3. The molecule has 0 bridgehead atoms. The fraction of sp³-hybridized carbons (Fsp3) is 0.227. The van der Waals surface area contributed by atoms with E-state index in [1.165, 1.54) is 6.33 Å². The molecule has 0 aliphatic carbocycles. The molecule has 0 aliphatic heterocycles. The maximum absolute atomic E-state index is 12.6. The summed E-state index contributed by atoms with van der Waals surface area (Å²) < 4.78 is 7.59. The van der Waals surface area contributed by atoms with E-state index in [1.54, 1.807) is 26.2 Å². The minimum atomic E-state index is -0.761. The van der Waals surface area contributed by atoms with Crippen molar-refractivity contribution in [3.8, 4) is 22.6 Å². The highest BCUT2D eigenvalue weighted by Crippen LogP contribution is 2.30. The van der Waals surface area contributed by atoms with Gasteiger partial charge in [-0.15, -0.1) is 0 Å². The van der Waals surface area contributed by atoms with Crippen LogP contribution in [0.5, 0.6) is 5.75 Å². The van der Waals surface area contributed by atoms with Crippen molar-refractivity contribution in [3.63, 3.8) is 0 Å². The van der Waals surface area contributed by atoms with Gasteiger partial charge in [0.25, 0.3) is 5.56 Å². The molecule has 0 fully saturated rings. The number of aliphatic hydroxyl groups is 1. The molecule has 0 spiro atoms. The minimum Gasteiger partial charge on any atom is -0.493 e. The highest BCUT2D eigenvalue weighted by molar-refractivity contribution is 5.94. The Balaban J connectivity index is 1.70. The van der Waals surface area contributed by atoms with Crippen molar-refractivity contribution >= 4 is 11.0 Å². The number of rotatable bonds is 6. The maximum atomic E-state index is 12.6. The number of nitrogens with one attached hydrogen (secondary N) is 1. The molecule has 148 valence electrons. The SMILES string of the molecule is CC(C)(O)CCOc1ccc(-c2cn(-c3ccncc3)c3nc[nH]c(=O)c23)cc1. The first-order valence-electron chi connectivity index (χ1n) is 9.37. The second-order valence-corrected chi connectivity index (χ2v) is 7.48. The van der Waals surface area contributed by atoms with E-state index in [1.807, 2.05) is 47.2 Å². The number of pyridine rings is 1. The summed E-state index contributed by atoms with van der Waals surface area (Å²) in [4.78, 5) is 23.6. The molecule has 3 heterocycles. The lowest BCUT2D eigenvalue weighted by atomic mass is 10.1. The van der Waals surface area contributed by atoms with Gasteiger partial charge in [-0.05, 0) is 43.7 Å². The molecule has 0 aliphatic rings. The summed E-state index contributed by atoms with van der Waals surface area (Å²) in [5, 5.41) is 10.3. The predicted molar refractivity (Wildman–Crippen MR) is 111 cm³/mol. The number of hydrogen-bond acceptors (Lipinski definition) is 5. The Labute approximate surface area is 167 Å². The van der Waals surface area contributed by atoms with E-state index in [9.17, 15) is 9.90 Å². The summed E-state index contributed by atoms with van der Waals surface area (Å²) >= 11 is 0. The average Bonchev–Trinajstić information content (AvgIpc) is 3.09. The Morgan fingerprint density at radius 1 is 1.14 bits per heavy atom. The summed E-state index contributed by atoms with van der Waals surface area (Å²) in [5.74, 6) is 0.711. The number of hydrogen-bond donors (Lipinski definition) is 2. The molecule has 4 aromatic rings. The maximum Gasteiger partial charge on any atom is 0.260 e. The molecule has 0 amide bonds. The van der Waals surface area contributed by atoms with E-state index in [0.29, 0.717) is 29.8 Å². The van der Waals surface area contributed by atoms with Gasteiger partial charge in [-0.2, -0.15) is 0 Å².